The number of carbonyl (C=O) groups is 1. The molecule has 1 amide bonds. The fraction of sp³-hybridized carbons (Fsp3) is 0.200. The van der Waals surface area contributed by atoms with Gasteiger partial charge in [0.05, 0.1) is 16.7 Å². The van der Waals surface area contributed by atoms with Gasteiger partial charge in [-0.25, -0.2) is 9.38 Å². The van der Waals surface area contributed by atoms with E-state index in [9.17, 15) is 9.18 Å². The van der Waals surface area contributed by atoms with Gasteiger partial charge in [0, 0.05) is 12.6 Å². The predicted octanol–water partition coefficient (Wildman–Crippen LogP) is 4.85. The topological polar surface area (TPSA) is 41.9 Å². The van der Waals surface area contributed by atoms with Crippen molar-refractivity contribution in [1.82, 2.24) is 4.90 Å². The van der Waals surface area contributed by atoms with Crippen LogP contribution >= 0.6 is 11.8 Å². The van der Waals surface area contributed by atoms with Crippen LogP contribution in [0.2, 0.25) is 0 Å². The van der Waals surface area contributed by atoms with Crippen LogP contribution in [0.3, 0.4) is 0 Å². The van der Waals surface area contributed by atoms with E-state index in [1.54, 1.807) is 19.2 Å². The third kappa shape index (κ3) is 4.14. The highest BCUT2D eigenvalue weighted by molar-refractivity contribution is 8.18. The molecule has 134 valence electrons. The number of amides is 1. The van der Waals surface area contributed by atoms with Crippen molar-refractivity contribution >= 4 is 34.6 Å². The maximum absolute atomic E-state index is 13.0. The normalized spacial score (nSPS) is 17.6. The number of amidine groups is 1. The van der Waals surface area contributed by atoms with Crippen LogP contribution in [0.15, 0.2) is 58.4 Å². The molecule has 0 bridgehead atoms. The molecule has 2 aromatic carbocycles. The number of ether oxygens (including phenoxy) is 1. The SMILES string of the molecule is CC(C)Oc1ccccc1/C=C1/SC(=Nc2ccc(F)cc2)N(C)C1=O. The standard InChI is InChI=1S/C20H19FN2O2S/c1-13(2)25-17-7-5-4-6-14(17)12-18-19(24)23(3)20(26-18)22-16-10-8-15(21)9-11-16/h4-13H,1-3H3/b18-12+,22-20?. The lowest BCUT2D eigenvalue weighted by Gasteiger charge is -2.12. The number of carbonyl (C=O) groups excluding carboxylic acids is 1. The molecule has 1 aliphatic rings. The summed E-state index contributed by atoms with van der Waals surface area (Å²) in [6, 6.07) is 13.4. The minimum absolute atomic E-state index is 0.0414. The second kappa shape index (κ2) is 7.74. The van der Waals surface area contributed by atoms with Crippen molar-refractivity contribution in [3.8, 4) is 5.75 Å². The number of aliphatic imine (C=N–C) groups is 1. The quantitative estimate of drug-likeness (QED) is 0.723. The van der Waals surface area contributed by atoms with Crippen LogP contribution in [-0.2, 0) is 4.79 Å². The highest BCUT2D eigenvalue weighted by Crippen LogP contribution is 2.34. The Hall–Kier alpha value is -2.60. The molecule has 0 saturated carbocycles. The number of para-hydroxylation sites is 1. The average Bonchev–Trinajstić information content (AvgIpc) is 2.86. The molecule has 0 unspecified atom stereocenters. The van der Waals surface area contributed by atoms with Crippen molar-refractivity contribution in [1.29, 1.82) is 0 Å². The minimum atomic E-state index is -0.320. The zero-order chi connectivity index (χ0) is 18.7. The van der Waals surface area contributed by atoms with E-state index in [2.05, 4.69) is 4.99 Å². The second-order valence-electron chi connectivity index (χ2n) is 6.05. The van der Waals surface area contributed by atoms with Crippen molar-refractivity contribution in [2.45, 2.75) is 20.0 Å². The number of halogens is 1. The van der Waals surface area contributed by atoms with E-state index in [4.69, 9.17) is 4.74 Å². The molecular weight excluding hydrogens is 351 g/mol. The van der Waals surface area contributed by atoms with E-state index in [1.165, 1.54) is 28.8 Å². The van der Waals surface area contributed by atoms with Crippen LogP contribution in [0.1, 0.15) is 19.4 Å². The molecule has 4 nitrogen and oxygen atoms in total. The van der Waals surface area contributed by atoms with Crippen molar-refractivity contribution in [3.63, 3.8) is 0 Å². The Morgan fingerprint density at radius 1 is 1.15 bits per heavy atom. The average molecular weight is 370 g/mol. The monoisotopic (exact) mass is 370 g/mol. The zero-order valence-corrected chi connectivity index (χ0v) is 15.6. The fourth-order valence-electron chi connectivity index (χ4n) is 2.38. The van der Waals surface area contributed by atoms with Gasteiger partial charge in [0.25, 0.3) is 5.91 Å². The molecule has 0 spiro atoms. The van der Waals surface area contributed by atoms with Gasteiger partial charge in [-0.05, 0) is 62.0 Å². The van der Waals surface area contributed by atoms with Crippen LogP contribution in [-0.4, -0.2) is 29.1 Å². The number of rotatable bonds is 4. The number of nitrogens with zero attached hydrogens (tertiary/aromatic N) is 2. The van der Waals surface area contributed by atoms with E-state index >= 15 is 0 Å². The Morgan fingerprint density at radius 3 is 2.54 bits per heavy atom. The van der Waals surface area contributed by atoms with E-state index in [0.717, 1.165) is 11.3 Å². The first-order chi connectivity index (χ1) is 12.4. The number of thioether (sulfide) groups is 1. The first-order valence-corrected chi connectivity index (χ1v) is 9.03. The molecule has 1 saturated heterocycles. The number of hydrogen-bond acceptors (Lipinski definition) is 4. The molecule has 1 heterocycles. The molecule has 0 aromatic heterocycles. The number of hydrogen-bond donors (Lipinski definition) is 0. The van der Waals surface area contributed by atoms with Gasteiger partial charge in [0.1, 0.15) is 11.6 Å². The van der Waals surface area contributed by atoms with Gasteiger partial charge >= 0.3 is 0 Å². The van der Waals surface area contributed by atoms with Gasteiger partial charge in [-0.3, -0.25) is 9.69 Å². The third-order valence-corrected chi connectivity index (χ3v) is 4.68. The molecule has 2 aromatic rings. The van der Waals surface area contributed by atoms with Crippen molar-refractivity contribution in [2.24, 2.45) is 4.99 Å². The van der Waals surface area contributed by atoms with Crippen LogP contribution < -0.4 is 4.74 Å². The summed E-state index contributed by atoms with van der Waals surface area (Å²) in [4.78, 5) is 19.0. The Labute approximate surface area is 156 Å². The Bertz CT molecular complexity index is 876. The van der Waals surface area contributed by atoms with E-state index in [0.29, 0.717) is 15.8 Å². The molecule has 6 heteroatoms. The lowest BCUT2D eigenvalue weighted by Crippen LogP contribution is -2.23. The van der Waals surface area contributed by atoms with Gasteiger partial charge in [-0.2, -0.15) is 0 Å². The summed E-state index contributed by atoms with van der Waals surface area (Å²) in [5.41, 5.74) is 1.44. The number of benzene rings is 2. The molecular formula is C20H19FN2O2S. The van der Waals surface area contributed by atoms with E-state index in [1.807, 2.05) is 44.2 Å². The largest absolute Gasteiger partial charge is 0.490 e. The van der Waals surface area contributed by atoms with Crippen molar-refractivity contribution < 1.29 is 13.9 Å². The van der Waals surface area contributed by atoms with Gasteiger partial charge in [-0.15, -0.1) is 0 Å². The Kier molecular flexibility index (Phi) is 5.42. The fourth-order valence-corrected chi connectivity index (χ4v) is 3.36. The highest BCUT2D eigenvalue weighted by Gasteiger charge is 2.30. The molecule has 0 aliphatic carbocycles. The van der Waals surface area contributed by atoms with Gasteiger partial charge in [0.15, 0.2) is 5.17 Å². The molecule has 26 heavy (non-hydrogen) atoms. The summed E-state index contributed by atoms with van der Waals surface area (Å²) in [6.45, 7) is 3.92. The second-order valence-corrected chi connectivity index (χ2v) is 7.06. The van der Waals surface area contributed by atoms with Gasteiger partial charge in [-0.1, -0.05) is 18.2 Å². The maximum Gasteiger partial charge on any atom is 0.266 e. The molecule has 0 radical (unpaired) electrons. The van der Waals surface area contributed by atoms with E-state index in [-0.39, 0.29) is 17.8 Å². The van der Waals surface area contributed by atoms with E-state index < -0.39 is 0 Å². The number of likely N-dealkylation sites (N-methyl/N-ethyl adjacent to an activating group) is 1. The van der Waals surface area contributed by atoms with Gasteiger partial charge in [0.2, 0.25) is 0 Å². The van der Waals surface area contributed by atoms with Crippen LogP contribution in [0.5, 0.6) is 5.75 Å². The summed E-state index contributed by atoms with van der Waals surface area (Å²) < 4.78 is 18.8. The van der Waals surface area contributed by atoms with Crippen LogP contribution in [0, 0.1) is 5.82 Å². The lowest BCUT2D eigenvalue weighted by molar-refractivity contribution is -0.121. The lowest BCUT2D eigenvalue weighted by atomic mass is 10.2. The first-order valence-electron chi connectivity index (χ1n) is 8.21. The van der Waals surface area contributed by atoms with Crippen LogP contribution in [0.4, 0.5) is 10.1 Å². The van der Waals surface area contributed by atoms with Crippen molar-refractivity contribution in [2.75, 3.05) is 7.05 Å². The zero-order valence-electron chi connectivity index (χ0n) is 14.8. The molecule has 1 aliphatic heterocycles. The van der Waals surface area contributed by atoms with Crippen LogP contribution in [0.25, 0.3) is 6.08 Å². The highest BCUT2D eigenvalue weighted by atomic mass is 32.2. The Morgan fingerprint density at radius 2 is 1.85 bits per heavy atom. The molecule has 0 N–H and O–H groups in total. The minimum Gasteiger partial charge on any atom is -0.490 e. The third-order valence-electron chi connectivity index (χ3n) is 3.62. The molecule has 0 atom stereocenters. The predicted molar refractivity (Wildman–Crippen MR) is 104 cm³/mol. The molecule has 3 rings (SSSR count). The van der Waals surface area contributed by atoms with Crippen molar-refractivity contribution in [3.05, 3.63) is 64.8 Å². The summed E-state index contributed by atoms with van der Waals surface area (Å²) in [5.74, 6) is 0.282. The summed E-state index contributed by atoms with van der Waals surface area (Å²) in [6.07, 6.45) is 1.86. The van der Waals surface area contributed by atoms with Gasteiger partial charge < -0.3 is 4.74 Å². The summed E-state index contributed by atoms with van der Waals surface area (Å²) >= 11 is 1.29. The smallest absolute Gasteiger partial charge is 0.266 e. The summed E-state index contributed by atoms with van der Waals surface area (Å²) in [5, 5.41) is 0.551. The maximum atomic E-state index is 13.0. The Balaban J connectivity index is 1.89. The first kappa shape index (κ1) is 18.2. The summed E-state index contributed by atoms with van der Waals surface area (Å²) in [7, 11) is 1.68. The molecule has 1 fully saturated rings.